The second-order valence-electron chi connectivity index (χ2n) is 9.46. The van der Waals surface area contributed by atoms with Crippen LogP contribution in [0.25, 0.3) is 28.0 Å². The minimum atomic E-state index is 0.464. The fourth-order valence-corrected chi connectivity index (χ4v) is 5.77. The van der Waals surface area contributed by atoms with Crippen molar-refractivity contribution < 1.29 is 0 Å². The van der Waals surface area contributed by atoms with Crippen LogP contribution in [0.2, 0.25) is 0 Å². The summed E-state index contributed by atoms with van der Waals surface area (Å²) in [4.78, 5) is 9.49. The molecule has 1 aromatic carbocycles. The maximum Gasteiger partial charge on any atom is 0.223 e. The smallest absolute Gasteiger partial charge is 0.223 e. The number of nitrogens with one attached hydrogen (secondary N) is 2. The highest BCUT2D eigenvalue weighted by atomic mass is 79.9. The Morgan fingerprint density at radius 1 is 0.853 bits per heavy atom. The maximum absolute atomic E-state index is 5.13. The SMILES string of the molecule is Brc1cccc(-c2nn3c(NC4CCCC4)cccc3c2-c2ccnc(NC3CCCC3)n2)c1. The summed E-state index contributed by atoms with van der Waals surface area (Å²) in [6, 6.07) is 17.7. The Morgan fingerprint density at radius 3 is 2.35 bits per heavy atom. The molecule has 0 aliphatic heterocycles. The van der Waals surface area contributed by atoms with Gasteiger partial charge >= 0.3 is 0 Å². The van der Waals surface area contributed by atoms with E-state index in [1.54, 1.807) is 0 Å². The summed E-state index contributed by atoms with van der Waals surface area (Å²) in [7, 11) is 0. The van der Waals surface area contributed by atoms with Gasteiger partial charge in [0.2, 0.25) is 5.95 Å². The molecule has 2 N–H and O–H groups in total. The van der Waals surface area contributed by atoms with Crippen molar-refractivity contribution in [3.8, 4) is 22.5 Å². The van der Waals surface area contributed by atoms with Gasteiger partial charge in [-0.05, 0) is 56.0 Å². The highest BCUT2D eigenvalue weighted by Crippen LogP contribution is 2.37. The molecule has 3 heterocycles. The fraction of sp³-hybridized carbons (Fsp3) is 0.370. The Labute approximate surface area is 208 Å². The van der Waals surface area contributed by atoms with Crippen molar-refractivity contribution in [3.05, 3.63) is 59.2 Å². The predicted molar refractivity (Wildman–Crippen MR) is 141 cm³/mol. The first-order valence-corrected chi connectivity index (χ1v) is 13.2. The molecule has 0 unspecified atom stereocenters. The van der Waals surface area contributed by atoms with Gasteiger partial charge in [0.05, 0.1) is 16.8 Å². The van der Waals surface area contributed by atoms with E-state index in [1.165, 1.54) is 51.4 Å². The molecule has 2 aliphatic carbocycles. The van der Waals surface area contributed by atoms with Crippen LogP contribution < -0.4 is 10.6 Å². The van der Waals surface area contributed by atoms with Crippen molar-refractivity contribution >= 4 is 33.2 Å². The van der Waals surface area contributed by atoms with E-state index in [2.05, 4.69) is 72.5 Å². The lowest BCUT2D eigenvalue weighted by Gasteiger charge is -2.14. The number of hydrogen-bond acceptors (Lipinski definition) is 5. The van der Waals surface area contributed by atoms with E-state index in [0.717, 1.165) is 38.3 Å². The Kier molecular flexibility index (Phi) is 5.95. The van der Waals surface area contributed by atoms with Crippen LogP contribution in [0.5, 0.6) is 0 Å². The quantitative estimate of drug-likeness (QED) is 0.290. The monoisotopic (exact) mass is 516 g/mol. The van der Waals surface area contributed by atoms with E-state index < -0.39 is 0 Å². The summed E-state index contributed by atoms with van der Waals surface area (Å²) in [5.41, 5.74) is 4.95. The Bertz CT molecular complexity index is 1300. The minimum Gasteiger partial charge on any atom is -0.367 e. The Hall–Kier alpha value is -2.93. The minimum absolute atomic E-state index is 0.464. The molecular formula is C27H29BrN6. The first-order chi connectivity index (χ1) is 16.7. The van der Waals surface area contributed by atoms with E-state index in [-0.39, 0.29) is 0 Å². The summed E-state index contributed by atoms with van der Waals surface area (Å²) in [6.45, 7) is 0. The molecule has 6 nitrogen and oxygen atoms in total. The van der Waals surface area contributed by atoms with E-state index in [4.69, 9.17) is 10.1 Å². The number of rotatable bonds is 6. The lowest BCUT2D eigenvalue weighted by atomic mass is 10.0. The van der Waals surface area contributed by atoms with Gasteiger partial charge in [0.1, 0.15) is 11.5 Å². The second kappa shape index (κ2) is 9.37. The van der Waals surface area contributed by atoms with E-state index in [9.17, 15) is 0 Å². The number of nitrogens with zero attached hydrogens (tertiary/aromatic N) is 4. The highest BCUT2D eigenvalue weighted by molar-refractivity contribution is 9.10. The van der Waals surface area contributed by atoms with Gasteiger partial charge in [0.15, 0.2) is 0 Å². The highest BCUT2D eigenvalue weighted by Gasteiger charge is 2.22. The zero-order valence-corrected chi connectivity index (χ0v) is 20.8. The summed E-state index contributed by atoms with van der Waals surface area (Å²) in [5.74, 6) is 1.73. The van der Waals surface area contributed by atoms with Gasteiger partial charge in [-0.25, -0.2) is 14.5 Å². The van der Waals surface area contributed by atoms with Crippen LogP contribution in [0.1, 0.15) is 51.4 Å². The third-order valence-electron chi connectivity index (χ3n) is 7.06. The number of benzene rings is 1. The molecule has 174 valence electrons. The van der Waals surface area contributed by atoms with Crippen LogP contribution in [0.4, 0.5) is 11.8 Å². The Morgan fingerprint density at radius 2 is 1.59 bits per heavy atom. The maximum atomic E-state index is 5.13. The van der Waals surface area contributed by atoms with Gasteiger partial charge in [-0.15, -0.1) is 0 Å². The molecule has 0 atom stereocenters. The zero-order chi connectivity index (χ0) is 22.9. The molecule has 2 saturated carbocycles. The van der Waals surface area contributed by atoms with Crippen molar-refractivity contribution in [1.29, 1.82) is 0 Å². The molecule has 7 heteroatoms. The number of aromatic nitrogens is 4. The van der Waals surface area contributed by atoms with Crippen LogP contribution in [-0.4, -0.2) is 31.7 Å². The Balaban J connectivity index is 1.48. The average molecular weight is 517 g/mol. The third kappa shape index (κ3) is 4.29. The summed E-state index contributed by atoms with van der Waals surface area (Å²) in [5, 5.41) is 12.4. The summed E-state index contributed by atoms with van der Waals surface area (Å²) >= 11 is 3.63. The molecule has 34 heavy (non-hydrogen) atoms. The van der Waals surface area contributed by atoms with Crippen molar-refractivity contribution in [3.63, 3.8) is 0 Å². The molecular weight excluding hydrogens is 488 g/mol. The largest absolute Gasteiger partial charge is 0.367 e. The van der Waals surface area contributed by atoms with Crippen molar-refractivity contribution in [1.82, 2.24) is 19.6 Å². The number of halogens is 1. The average Bonchev–Trinajstić information content (AvgIpc) is 3.61. The number of hydrogen-bond donors (Lipinski definition) is 2. The molecule has 6 rings (SSSR count). The molecule has 0 amide bonds. The number of fused-ring (bicyclic) bond motifs is 1. The van der Waals surface area contributed by atoms with Crippen LogP contribution in [0, 0.1) is 0 Å². The van der Waals surface area contributed by atoms with E-state index >= 15 is 0 Å². The van der Waals surface area contributed by atoms with Gasteiger partial charge in [0.25, 0.3) is 0 Å². The van der Waals surface area contributed by atoms with Gasteiger partial charge in [-0.1, -0.05) is 59.8 Å². The molecule has 2 aliphatic rings. The van der Waals surface area contributed by atoms with Crippen LogP contribution in [0.3, 0.4) is 0 Å². The lowest BCUT2D eigenvalue weighted by molar-refractivity contribution is 0.742. The molecule has 0 spiro atoms. The topological polar surface area (TPSA) is 67.1 Å². The predicted octanol–water partition coefficient (Wildman–Crippen LogP) is 6.93. The lowest BCUT2D eigenvalue weighted by Crippen LogP contribution is -2.17. The van der Waals surface area contributed by atoms with Crippen molar-refractivity contribution in [2.45, 2.75) is 63.5 Å². The van der Waals surface area contributed by atoms with Crippen LogP contribution in [0.15, 0.2) is 59.2 Å². The molecule has 4 aromatic rings. The van der Waals surface area contributed by atoms with E-state index in [0.29, 0.717) is 18.0 Å². The number of anilines is 2. The molecule has 0 radical (unpaired) electrons. The third-order valence-corrected chi connectivity index (χ3v) is 7.56. The zero-order valence-electron chi connectivity index (χ0n) is 19.2. The van der Waals surface area contributed by atoms with Gasteiger partial charge in [-0.3, -0.25) is 0 Å². The summed E-state index contributed by atoms with van der Waals surface area (Å²) in [6.07, 6.45) is 11.8. The molecule has 3 aromatic heterocycles. The number of pyridine rings is 1. The summed E-state index contributed by atoms with van der Waals surface area (Å²) < 4.78 is 3.08. The molecule has 2 fully saturated rings. The van der Waals surface area contributed by atoms with E-state index in [1.807, 2.05) is 18.3 Å². The van der Waals surface area contributed by atoms with Crippen molar-refractivity contribution in [2.24, 2.45) is 0 Å². The molecule has 0 saturated heterocycles. The first kappa shape index (κ1) is 21.6. The van der Waals surface area contributed by atoms with Gasteiger partial charge in [0, 0.05) is 28.3 Å². The van der Waals surface area contributed by atoms with Crippen LogP contribution in [-0.2, 0) is 0 Å². The first-order valence-electron chi connectivity index (χ1n) is 12.4. The van der Waals surface area contributed by atoms with Gasteiger partial charge < -0.3 is 10.6 Å². The van der Waals surface area contributed by atoms with Gasteiger partial charge in [-0.2, -0.15) is 5.10 Å². The van der Waals surface area contributed by atoms with Crippen molar-refractivity contribution in [2.75, 3.05) is 10.6 Å². The standard InChI is InChI=1S/C27H29BrN6/c28-19-8-5-7-18(17-19)26-25(22-15-16-29-27(32-22)31-21-11-3-4-12-21)23-13-6-14-24(34(23)33-26)30-20-9-1-2-10-20/h5-8,13-17,20-21,30H,1-4,9-12H2,(H,29,31,32). The molecule has 0 bridgehead atoms. The fourth-order valence-electron chi connectivity index (χ4n) is 5.37. The normalized spacial score (nSPS) is 17.0. The second-order valence-corrected chi connectivity index (χ2v) is 10.4. The van der Waals surface area contributed by atoms with Crippen LogP contribution >= 0.6 is 15.9 Å².